The van der Waals surface area contributed by atoms with E-state index in [9.17, 15) is 0 Å². The first kappa shape index (κ1) is 10.6. The Morgan fingerprint density at radius 3 is 2.77 bits per heavy atom. The summed E-state index contributed by atoms with van der Waals surface area (Å²) in [6.45, 7) is 7.20. The molecule has 13 heavy (non-hydrogen) atoms. The zero-order valence-electron chi connectivity index (χ0n) is 8.45. The molecule has 0 atom stereocenters. The van der Waals surface area contributed by atoms with Crippen LogP contribution in [0.25, 0.3) is 0 Å². The summed E-state index contributed by atoms with van der Waals surface area (Å²) in [7, 11) is 0. The highest BCUT2D eigenvalue weighted by Gasteiger charge is 2.16. The Balaban J connectivity index is 2.77. The van der Waals surface area contributed by atoms with Gasteiger partial charge in [-0.2, -0.15) is 0 Å². The number of nitrogens with two attached hydrogens (primary N) is 1. The van der Waals surface area contributed by atoms with Crippen LogP contribution in [-0.4, -0.2) is 21.8 Å². The summed E-state index contributed by atoms with van der Waals surface area (Å²) in [5, 5.41) is 1.05. The van der Waals surface area contributed by atoms with E-state index in [0.29, 0.717) is 6.54 Å². The minimum Gasteiger partial charge on any atom is -0.330 e. The Morgan fingerprint density at radius 2 is 2.23 bits per heavy atom. The number of imidazole rings is 1. The van der Waals surface area contributed by atoms with Crippen molar-refractivity contribution in [1.29, 1.82) is 0 Å². The third-order valence-corrected chi connectivity index (χ3v) is 2.68. The van der Waals surface area contributed by atoms with Gasteiger partial charge in [0.2, 0.25) is 0 Å². The van der Waals surface area contributed by atoms with E-state index < -0.39 is 0 Å². The van der Waals surface area contributed by atoms with Gasteiger partial charge in [-0.15, -0.1) is 0 Å². The summed E-state index contributed by atoms with van der Waals surface area (Å²) in [5.41, 5.74) is 5.55. The van der Waals surface area contributed by atoms with Gasteiger partial charge in [-0.1, -0.05) is 11.8 Å². The molecule has 0 amide bonds. The molecule has 0 saturated carbocycles. The molecule has 1 heterocycles. The third-order valence-electron chi connectivity index (χ3n) is 1.68. The Kier molecular flexibility index (Phi) is 3.39. The molecule has 0 unspecified atom stereocenters. The van der Waals surface area contributed by atoms with E-state index in [1.54, 1.807) is 11.8 Å². The molecule has 0 aromatic carbocycles. The highest BCUT2D eigenvalue weighted by Crippen LogP contribution is 2.22. The number of aromatic nitrogens is 2. The standard InChI is InChI=1S/C9H17N3S/c1-9(2,3)12-6-5-11-8(12)13-7-4-10/h5-6H,4,7,10H2,1-3H3. The van der Waals surface area contributed by atoms with E-state index in [1.165, 1.54) is 0 Å². The molecule has 2 N–H and O–H groups in total. The van der Waals surface area contributed by atoms with Crippen LogP contribution in [0.2, 0.25) is 0 Å². The van der Waals surface area contributed by atoms with Gasteiger partial charge in [0.25, 0.3) is 0 Å². The summed E-state index contributed by atoms with van der Waals surface area (Å²) in [6.07, 6.45) is 3.85. The average Bonchev–Trinajstić information content (AvgIpc) is 2.47. The fourth-order valence-electron chi connectivity index (χ4n) is 1.06. The molecule has 4 heteroatoms. The van der Waals surface area contributed by atoms with Crippen LogP contribution >= 0.6 is 11.8 Å². The lowest BCUT2D eigenvalue weighted by atomic mass is 10.1. The number of rotatable bonds is 3. The molecule has 0 bridgehead atoms. The summed E-state index contributed by atoms with van der Waals surface area (Å²) in [5.74, 6) is 0.924. The topological polar surface area (TPSA) is 43.8 Å². The Labute approximate surface area is 83.7 Å². The minimum atomic E-state index is 0.105. The van der Waals surface area contributed by atoms with E-state index in [1.807, 2.05) is 12.4 Å². The maximum absolute atomic E-state index is 5.45. The maximum atomic E-state index is 5.45. The summed E-state index contributed by atoms with van der Waals surface area (Å²) in [6, 6.07) is 0. The Bertz CT molecular complexity index is 262. The summed E-state index contributed by atoms with van der Waals surface area (Å²) >= 11 is 1.71. The van der Waals surface area contributed by atoms with E-state index in [2.05, 4.69) is 30.3 Å². The van der Waals surface area contributed by atoms with Crippen LogP contribution in [0.4, 0.5) is 0 Å². The van der Waals surface area contributed by atoms with Crippen molar-refractivity contribution in [1.82, 2.24) is 9.55 Å². The van der Waals surface area contributed by atoms with E-state index in [4.69, 9.17) is 5.73 Å². The van der Waals surface area contributed by atoms with Crippen LogP contribution in [0.15, 0.2) is 17.6 Å². The van der Waals surface area contributed by atoms with Crippen molar-refractivity contribution < 1.29 is 0 Å². The van der Waals surface area contributed by atoms with Crippen LogP contribution in [0.1, 0.15) is 20.8 Å². The largest absolute Gasteiger partial charge is 0.330 e. The molecule has 0 aliphatic rings. The second-order valence-corrected chi connectivity index (χ2v) is 4.95. The molecule has 1 aromatic heterocycles. The summed E-state index contributed by atoms with van der Waals surface area (Å²) < 4.78 is 2.17. The molecule has 3 nitrogen and oxygen atoms in total. The van der Waals surface area contributed by atoms with E-state index >= 15 is 0 Å². The number of thioether (sulfide) groups is 1. The van der Waals surface area contributed by atoms with Crippen molar-refractivity contribution >= 4 is 11.8 Å². The monoisotopic (exact) mass is 199 g/mol. The molecule has 0 aliphatic carbocycles. The average molecular weight is 199 g/mol. The van der Waals surface area contributed by atoms with Gasteiger partial charge in [-0.3, -0.25) is 0 Å². The molecule has 0 aliphatic heterocycles. The Hall–Kier alpha value is -0.480. The fourth-order valence-corrected chi connectivity index (χ4v) is 1.97. The van der Waals surface area contributed by atoms with Crippen LogP contribution in [0.3, 0.4) is 0 Å². The van der Waals surface area contributed by atoms with E-state index in [0.717, 1.165) is 10.9 Å². The van der Waals surface area contributed by atoms with Crippen LogP contribution in [0.5, 0.6) is 0 Å². The van der Waals surface area contributed by atoms with Gasteiger partial charge in [-0.25, -0.2) is 4.98 Å². The summed E-state index contributed by atoms with van der Waals surface area (Å²) in [4.78, 5) is 4.29. The number of hydrogen-bond donors (Lipinski definition) is 1. The fraction of sp³-hybridized carbons (Fsp3) is 0.667. The number of hydrogen-bond acceptors (Lipinski definition) is 3. The molecular formula is C9H17N3S. The van der Waals surface area contributed by atoms with E-state index in [-0.39, 0.29) is 5.54 Å². The van der Waals surface area contributed by atoms with Crippen molar-refractivity contribution in [2.75, 3.05) is 12.3 Å². The van der Waals surface area contributed by atoms with Gasteiger partial charge in [0.15, 0.2) is 5.16 Å². The zero-order chi connectivity index (χ0) is 9.90. The van der Waals surface area contributed by atoms with Crippen molar-refractivity contribution in [3.8, 4) is 0 Å². The van der Waals surface area contributed by atoms with Gasteiger partial charge in [0.05, 0.1) is 0 Å². The normalized spacial score (nSPS) is 12.0. The molecule has 1 aromatic rings. The van der Waals surface area contributed by atoms with Gasteiger partial charge in [0.1, 0.15) is 0 Å². The van der Waals surface area contributed by atoms with Gasteiger partial charge in [0, 0.05) is 30.2 Å². The van der Waals surface area contributed by atoms with Crippen molar-refractivity contribution in [3.05, 3.63) is 12.4 Å². The predicted molar refractivity (Wildman–Crippen MR) is 57.0 cm³/mol. The molecular weight excluding hydrogens is 182 g/mol. The van der Waals surface area contributed by atoms with Gasteiger partial charge < -0.3 is 10.3 Å². The lowest BCUT2D eigenvalue weighted by Gasteiger charge is -2.22. The molecule has 74 valence electrons. The lowest BCUT2D eigenvalue weighted by molar-refractivity contribution is 0.367. The predicted octanol–water partition coefficient (Wildman–Crippen LogP) is 1.69. The molecule has 0 spiro atoms. The van der Waals surface area contributed by atoms with Crippen LogP contribution in [0, 0.1) is 0 Å². The van der Waals surface area contributed by atoms with Gasteiger partial charge in [-0.05, 0) is 20.8 Å². The second kappa shape index (κ2) is 4.15. The molecule has 0 saturated heterocycles. The third kappa shape index (κ3) is 2.74. The van der Waals surface area contributed by atoms with Crippen molar-refractivity contribution in [3.63, 3.8) is 0 Å². The first-order valence-corrected chi connectivity index (χ1v) is 5.41. The maximum Gasteiger partial charge on any atom is 0.168 e. The quantitative estimate of drug-likeness (QED) is 0.753. The lowest BCUT2D eigenvalue weighted by Crippen LogP contribution is -2.22. The first-order chi connectivity index (χ1) is 6.05. The molecule has 0 fully saturated rings. The smallest absolute Gasteiger partial charge is 0.168 e. The van der Waals surface area contributed by atoms with Crippen molar-refractivity contribution in [2.45, 2.75) is 31.5 Å². The minimum absolute atomic E-state index is 0.105. The number of nitrogens with zero attached hydrogens (tertiary/aromatic N) is 2. The van der Waals surface area contributed by atoms with Crippen LogP contribution < -0.4 is 5.73 Å². The van der Waals surface area contributed by atoms with Crippen LogP contribution in [-0.2, 0) is 5.54 Å². The highest BCUT2D eigenvalue weighted by molar-refractivity contribution is 7.99. The molecule has 1 rings (SSSR count). The first-order valence-electron chi connectivity index (χ1n) is 4.42. The highest BCUT2D eigenvalue weighted by atomic mass is 32.2. The van der Waals surface area contributed by atoms with Gasteiger partial charge >= 0.3 is 0 Å². The second-order valence-electron chi connectivity index (χ2n) is 3.89. The zero-order valence-corrected chi connectivity index (χ0v) is 9.27. The molecule has 0 radical (unpaired) electrons. The Morgan fingerprint density at radius 1 is 1.54 bits per heavy atom. The van der Waals surface area contributed by atoms with Crippen molar-refractivity contribution in [2.24, 2.45) is 5.73 Å². The SMILES string of the molecule is CC(C)(C)n1ccnc1SCCN.